The Kier molecular flexibility index (Phi) is 6.13. The lowest BCUT2D eigenvalue weighted by Crippen LogP contribution is -2.42. The monoisotopic (exact) mass is 310 g/mol. The average molecular weight is 310 g/mol. The van der Waals surface area contributed by atoms with E-state index in [9.17, 15) is 4.79 Å². The highest BCUT2D eigenvalue weighted by Gasteiger charge is 2.30. The largest absolute Gasteiger partial charge is 0.444 e. The molecule has 2 saturated carbocycles. The summed E-state index contributed by atoms with van der Waals surface area (Å²) in [6.07, 6.45) is 9.89. The number of carbonyl (C=O) groups is 1. The molecule has 0 saturated heterocycles. The Morgan fingerprint density at radius 1 is 1.05 bits per heavy atom. The Morgan fingerprint density at radius 3 is 2.32 bits per heavy atom. The Bertz CT molecular complexity index is 359. The highest BCUT2D eigenvalue weighted by molar-refractivity contribution is 5.68. The Morgan fingerprint density at radius 2 is 1.68 bits per heavy atom. The predicted molar refractivity (Wildman–Crippen MR) is 90.0 cm³/mol. The van der Waals surface area contributed by atoms with E-state index < -0.39 is 5.60 Å². The number of hydrogen-bond acceptors (Lipinski definition) is 3. The first-order chi connectivity index (χ1) is 10.3. The van der Waals surface area contributed by atoms with Crippen LogP contribution in [0, 0.1) is 5.92 Å². The number of alkyl carbamates (subject to hydrolysis) is 1. The van der Waals surface area contributed by atoms with Crippen LogP contribution in [0.5, 0.6) is 0 Å². The van der Waals surface area contributed by atoms with Gasteiger partial charge in [0.05, 0.1) is 0 Å². The lowest BCUT2D eigenvalue weighted by Gasteiger charge is -2.30. The van der Waals surface area contributed by atoms with Crippen LogP contribution in [0.25, 0.3) is 0 Å². The molecule has 0 radical (unpaired) electrons. The van der Waals surface area contributed by atoms with E-state index in [1.54, 1.807) is 0 Å². The number of amides is 1. The summed E-state index contributed by atoms with van der Waals surface area (Å²) in [5, 5.41) is 6.82. The molecular weight excluding hydrogens is 276 g/mol. The first-order valence-electron chi connectivity index (χ1n) is 9.09. The minimum atomic E-state index is -0.421. The van der Waals surface area contributed by atoms with Gasteiger partial charge in [-0.25, -0.2) is 4.79 Å². The average Bonchev–Trinajstić information content (AvgIpc) is 2.84. The van der Waals surface area contributed by atoms with Gasteiger partial charge in [0.1, 0.15) is 5.60 Å². The maximum absolute atomic E-state index is 11.8. The highest BCUT2D eigenvalue weighted by Crippen LogP contribution is 2.28. The molecule has 4 nitrogen and oxygen atoms in total. The number of rotatable bonds is 4. The molecule has 22 heavy (non-hydrogen) atoms. The van der Waals surface area contributed by atoms with Crippen LogP contribution in [0.2, 0.25) is 0 Å². The second-order valence-corrected chi connectivity index (χ2v) is 8.21. The number of carbonyl (C=O) groups excluding carboxylic acids is 1. The van der Waals surface area contributed by atoms with Gasteiger partial charge in [-0.1, -0.05) is 19.3 Å². The van der Waals surface area contributed by atoms with Gasteiger partial charge in [0, 0.05) is 18.1 Å². The van der Waals surface area contributed by atoms with Crippen molar-refractivity contribution >= 4 is 6.09 Å². The van der Waals surface area contributed by atoms with Gasteiger partial charge >= 0.3 is 6.09 Å². The van der Waals surface area contributed by atoms with Crippen LogP contribution in [0.3, 0.4) is 0 Å². The van der Waals surface area contributed by atoms with E-state index >= 15 is 0 Å². The zero-order valence-electron chi connectivity index (χ0n) is 14.8. The molecule has 0 aromatic rings. The van der Waals surface area contributed by atoms with Gasteiger partial charge in [-0.15, -0.1) is 0 Å². The molecule has 2 aliphatic rings. The van der Waals surface area contributed by atoms with E-state index in [0.29, 0.717) is 12.1 Å². The van der Waals surface area contributed by atoms with Crippen LogP contribution < -0.4 is 10.6 Å². The van der Waals surface area contributed by atoms with E-state index in [1.807, 2.05) is 20.8 Å². The SMILES string of the molecule is CC(NC1CCC(NC(=O)OC(C)(C)C)C1)C1CCCCC1. The van der Waals surface area contributed by atoms with Gasteiger partial charge < -0.3 is 15.4 Å². The fourth-order valence-electron chi connectivity index (χ4n) is 3.88. The molecule has 128 valence electrons. The third-order valence-corrected chi connectivity index (χ3v) is 5.01. The first-order valence-corrected chi connectivity index (χ1v) is 9.09. The fraction of sp³-hybridized carbons (Fsp3) is 0.944. The molecule has 2 rings (SSSR count). The third-order valence-electron chi connectivity index (χ3n) is 5.01. The molecule has 2 fully saturated rings. The lowest BCUT2D eigenvalue weighted by atomic mass is 9.84. The number of nitrogens with one attached hydrogen (secondary N) is 2. The molecule has 0 aromatic heterocycles. The van der Waals surface area contributed by atoms with E-state index in [0.717, 1.165) is 25.2 Å². The summed E-state index contributed by atoms with van der Waals surface area (Å²) in [5.74, 6) is 0.839. The molecule has 0 bridgehead atoms. The zero-order valence-corrected chi connectivity index (χ0v) is 14.8. The molecule has 0 spiro atoms. The lowest BCUT2D eigenvalue weighted by molar-refractivity contribution is 0.0505. The minimum absolute atomic E-state index is 0.255. The van der Waals surface area contributed by atoms with Crippen molar-refractivity contribution in [1.82, 2.24) is 10.6 Å². The summed E-state index contributed by atoms with van der Waals surface area (Å²) in [7, 11) is 0. The zero-order chi connectivity index (χ0) is 16.2. The van der Waals surface area contributed by atoms with Gasteiger partial charge in [-0.2, -0.15) is 0 Å². The van der Waals surface area contributed by atoms with Crippen molar-refractivity contribution in [3.05, 3.63) is 0 Å². The Hall–Kier alpha value is -0.770. The van der Waals surface area contributed by atoms with E-state index in [1.165, 1.54) is 32.1 Å². The van der Waals surface area contributed by atoms with Crippen molar-refractivity contribution in [2.24, 2.45) is 5.92 Å². The normalized spacial score (nSPS) is 28.4. The Balaban J connectivity index is 1.69. The number of hydrogen-bond donors (Lipinski definition) is 2. The smallest absolute Gasteiger partial charge is 0.407 e. The van der Waals surface area contributed by atoms with Crippen LogP contribution >= 0.6 is 0 Å². The van der Waals surface area contributed by atoms with Crippen molar-refractivity contribution < 1.29 is 9.53 Å². The summed E-state index contributed by atoms with van der Waals surface area (Å²) < 4.78 is 5.34. The maximum Gasteiger partial charge on any atom is 0.407 e. The van der Waals surface area contributed by atoms with Crippen LogP contribution in [0.15, 0.2) is 0 Å². The van der Waals surface area contributed by atoms with Crippen LogP contribution in [0.4, 0.5) is 4.79 Å². The predicted octanol–water partition coefficient (Wildman–Crippen LogP) is 3.99. The van der Waals surface area contributed by atoms with Gasteiger partial charge in [-0.3, -0.25) is 0 Å². The summed E-state index contributed by atoms with van der Waals surface area (Å²) in [6.45, 7) is 8.04. The van der Waals surface area contributed by atoms with Crippen molar-refractivity contribution in [2.45, 2.75) is 103 Å². The first kappa shape index (κ1) is 17.6. The molecule has 3 unspecified atom stereocenters. The second kappa shape index (κ2) is 7.67. The molecule has 0 aliphatic heterocycles. The summed E-state index contributed by atoms with van der Waals surface area (Å²) in [6, 6.07) is 1.40. The molecule has 0 heterocycles. The van der Waals surface area contributed by atoms with E-state index in [-0.39, 0.29) is 12.1 Å². The fourth-order valence-corrected chi connectivity index (χ4v) is 3.88. The van der Waals surface area contributed by atoms with Gasteiger partial charge in [0.15, 0.2) is 0 Å². The second-order valence-electron chi connectivity index (χ2n) is 8.21. The summed E-state index contributed by atoms with van der Waals surface area (Å²) in [4.78, 5) is 11.8. The van der Waals surface area contributed by atoms with Crippen molar-refractivity contribution in [3.8, 4) is 0 Å². The van der Waals surface area contributed by atoms with Gasteiger partial charge in [0.2, 0.25) is 0 Å². The van der Waals surface area contributed by atoms with Crippen molar-refractivity contribution in [3.63, 3.8) is 0 Å². The van der Waals surface area contributed by atoms with Crippen LogP contribution in [0.1, 0.15) is 79.1 Å². The summed E-state index contributed by atoms with van der Waals surface area (Å²) in [5.41, 5.74) is -0.421. The van der Waals surface area contributed by atoms with Crippen molar-refractivity contribution in [2.75, 3.05) is 0 Å². The molecule has 1 amide bonds. The molecular formula is C18H34N2O2. The highest BCUT2D eigenvalue weighted by atomic mass is 16.6. The van der Waals surface area contributed by atoms with E-state index in [2.05, 4.69) is 17.6 Å². The molecule has 0 aromatic carbocycles. The third kappa shape index (κ3) is 5.79. The molecule has 4 heteroatoms. The van der Waals surface area contributed by atoms with E-state index in [4.69, 9.17) is 4.74 Å². The minimum Gasteiger partial charge on any atom is -0.444 e. The molecule has 2 N–H and O–H groups in total. The topological polar surface area (TPSA) is 50.4 Å². The van der Waals surface area contributed by atoms with Crippen LogP contribution in [-0.2, 0) is 4.74 Å². The standard InChI is InChI=1S/C18H34N2O2/c1-13(14-8-6-5-7-9-14)19-15-10-11-16(12-15)20-17(21)22-18(2,3)4/h13-16,19H,5-12H2,1-4H3,(H,20,21). The molecule has 2 aliphatic carbocycles. The summed E-state index contributed by atoms with van der Waals surface area (Å²) >= 11 is 0. The Labute approximate surface area is 135 Å². The van der Waals surface area contributed by atoms with Crippen molar-refractivity contribution in [1.29, 1.82) is 0 Å². The van der Waals surface area contributed by atoms with Gasteiger partial charge in [0.25, 0.3) is 0 Å². The molecule has 3 atom stereocenters. The van der Waals surface area contributed by atoms with Crippen LogP contribution in [-0.4, -0.2) is 29.8 Å². The van der Waals surface area contributed by atoms with Gasteiger partial charge in [-0.05, 0) is 65.7 Å². The quantitative estimate of drug-likeness (QED) is 0.825. The maximum atomic E-state index is 11.8. The number of ether oxygens (including phenoxy) is 1.